The van der Waals surface area contributed by atoms with Crippen LogP contribution in [-0.2, 0) is 0 Å². The van der Waals surface area contributed by atoms with Gasteiger partial charge in [-0.1, -0.05) is 12.8 Å². The second-order valence-corrected chi connectivity index (χ2v) is 6.79. The Balaban J connectivity index is 1.72. The molecule has 1 aromatic rings. The number of carbonyl (C=O) groups excluding carboxylic acids is 1. The normalized spacial score (nSPS) is 28.5. The van der Waals surface area contributed by atoms with Gasteiger partial charge in [0.25, 0.3) is 5.91 Å². The third-order valence-corrected chi connectivity index (χ3v) is 5.17. The van der Waals surface area contributed by atoms with Gasteiger partial charge in [0.2, 0.25) is 0 Å². The lowest BCUT2D eigenvalue weighted by Crippen LogP contribution is -2.52. The van der Waals surface area contributed by atoms with Crippen molar-refractivity contribution in [3.05, 3.63) is 35.4 Å². The van der Waals surface area contributed by atoms with Gasteiger partial charge in [0.15, 0.2) is 0 Å². The van der Waals surface area contributed by atoms with Crippen LogP contribution in [0.1, 0.15) is 48.9 Å². The van der Waals surface area contributed by atoms with Gasteiger partial charge in [-0.2, -0.15) is 0 Å². The zero-order valence-corrected chi connectivity index (χ0v) is 13.7. The van der Waals surface area contributed by atoms with Gasteiger partial charge in [0.1, 0.15) is 11.6 Å². The molecule has 1 aromatic carbocycles. The van der Waals surface area contributed by atoms with Crippen molar-refractivity contribution in [1.29, 1.82) is 0 Å². The molecule has 0 radical (unpaired) electrons. The summed E-state index contributed by atoms with van der Waals surface area (Å²) in [6.45, 7) is 1.95. The Morgan fingerprint density at radius 2 is 1.83 bits per heavy atom. The Bertz CT molecular complexity index is 590. The highest BCUT2D eigenvalue weighted by molar-refractivity contribution is 5.94. The molecule has 1 amide bonds. The van der Waals surface area contributed by atoms with E-state index in [-0.39, 0.29) is 11.6 Å². The van der Waals surface area contributed by atoms with Crippen LogP contribution in [0.3, 0.4) is 0 Å². The minimum atomic E-state index is -0.756. The smallest absolute Gasteiger partial charge is 0.254 e. The summed E-state index contributed by atoms with van der Waals surface area (Å²) in [5.41, 5.74) is -0.316. The summed E-state index contributed by atoms with van der Waals surface area (Å²) in [4.78, 5) is 14.6. The molecule has 3 atom stereocenters. The molecule has 1 saturated heterocycles. The van der Waals surface area contributed by atoms with E-state index in [2.05, 4.69) is 10.2 Å². The van der Waals surface area contributed by atoms with Gasteiger partial charge in [-0.3, -0.25) is 9.69 Å². The lowest BCUT2D eigenvalue weighted by Gasteiger charge is -2.34. The summed E-state index contributed by atoms with van der Waals surface area (Å²) in [7, 11) is 0. The number of amides is 1. The van der Waals surface area contributed by atoms with Crippen molar-refractivity contribution in [3.8, 4) is 0 Å². The van der Waals surface area contributed by atoms with Crippen LogP contribution in [0.5, 0.6) is 0 Å². The maximum absolute atomic E-state index is 13.8. The number of aliphatic hydroxyl groups is 1. The first kappa shape index (κ1) is 17.3. The van der Waals surface area contributed by atoms with Crippen LogP contribution in [0.4, 0.5) is 8.78 Å². The summed E-state index contributed by atoms with van der Waals surface area (Å²) in [5.74, 6) is -2.08. The van der Waals surface area contributed by atoms with Crippen LogP contribution in [0.2, 0.25) is 0 Å². The van der Waals surface area contributed by atoms with Crippen LogP contribution in [0, 0.1) is 11.6 Å². The fourth-order valence-corrected chi connectivity index (χ4v) is 3.87. The van der Waals surface area contributed by atoms with Gasteiger partial charge in [-0.25, -0.2) is 8.78 Å². The molecule has 1 saturated carbocycles. The topological polar surface area (TPSA) is 52.6 Å². The quantitative estimate of drug-likeness (QED) is 0.833. The van der Waals surface area contributed by atoms with Gasteiger partial charge < -0.3 is 10.4 Å². The van der Waals surface area contributed by atoms with Gasteiger partial charge >= 0.3 is 0 Å². The molecule has 132 valence electrons. The molecule has 2 fully saturated rings. The highest BCUT2D eigenvalue weighted by Crippen LogP contribution is 2.26. The van der Waals surface area contributed by atoms with Gasteiger partial charge in [-0.05, 0) is 57.0 Å². The van der Waals surface area contributed by atoms with E-state index in [1.807, 2.05) is 0 Å². The van der Waals surface area contributed by atoms with Crippen molar-refractivity contribution in [3.63, 3.8) is 0 Å². The predicted molar refractivity (Wildman–Crippen MR) is 86.7 cm³/mol. The van der Waals surface area contributed by atoms with Gasteiger partial charge in [0.05, 0.1) is 17.7 Å². The zero-order valence-electron chi connectivity index (χ0n) is 13.7. The Kier molecular flexibility index (Phi) is 5.46. The van der Waals surface area contributed by atoms with Crippen molar-refractivity contribution in [2.24, 2.45) is 0 Å². The molecular weight excluding hydrogens is 314 g/mol. The molecule has 4 nitrogen and oxygen atoms in total. The van der Waals surface area contributed by atoms with Crippen molar-refractivity contribution in [2.75, 3.05) is 13.1 Å². The van der Waals surface area contributed by atoms with E-state index in [1.165, 1.54) is 0 Å². The number of benzene rings is 1. The molecular formula is C18H24F2N2O2. The maximum atomic E-state index is 13.8. The van der Waals surface area contributed by atoms with E-state index in [1.54, 1.807) is 0 Å². The van der Waals surface area contributed by atoms with E-state index in [0.29, 0.717) is 6.42 Å². The molecule has 1 heterocycles. The van der Waals surface area contributed by atoms with Crippen LogP contribution in [0.15, 0.2) is 18.2 Å². The molecule has 2 N–H and O–H groups in total. The van der Waals surface area contributed by atoms with Crippen LogP contribution in [-0.4, -0.2) is 47.2 Å². The molecule has 0 spiro atoms. The third kappa shape index (κ3) is 3.75. The number of aliphatic hydroxyl groups excluding tert-OH is 1. The molecule has 3 rings (SSSR count). The van der Waals surface area contributed by atoms with Crippen molar-refractivity contribution < 1.29 is 18.7 Å². The first-order valence-electron chi connectivity index (χ1n) is 8.74. The fraction of sp³-hybridized carbons (Fsp3) is 0.611. The predicted octanol–water partition coefficient (Wildman–Crippen LogP) is 2.46. The lowest BCUT2D eigenvalue weighted by atomic mass is 10.00. The standard InChI is InChI=1S/C18H24F2N2O2/c19-12-7-8-14(20)13(11-12)18(24)21-15-5-1-2-6-16(17(15)23)22-9-3-4-10-22/h7-8,11,15-17,23H,1-6,9-10H2,(H,21,24)/t15-,16-,17-/m1/s1. The lowest BCUT2D eigenvalue weighted by molar-refractivity contribution is 0.0337. The van der Waals surface area contributed by atoms with Crippen molar-refractivity contribution >= 4 is 5.91 Å². The highest BCUT2D eigenvalue weighted by Gasteiger charge is 2.35. The van der Waals surface area contributed by atoms with E-state index < -0.39 is 29.7 Å². The Labute approximate surface area is 140 Å². The number of hydrogen-bond donors (Lipinski definition) is 2. The zero-order chi connectivity index (χ0) is 17.1. The molecule has 1 aliphatic heterocycles. The van der Waals surface area contributed by atoms with Crippen LogP contribution in [0.25, 0.3) is 0 Å². The summed E-state index contributed by atoms with van der Waals surface area (Å²) in [6, 6.07) is 2.41. The van der Waals surface area contributed by atoms with E-state index in [4.69, 9.17) is 0 Å². The molecule has 0 bridgehead atoms. The van der Waals surface area contributed by atoms with E-state index >= 15 is 0 Å². The first-order chi connectivity index (χ1) is 11.6. The van der Waals surface area contributed by atoms with Crippen molar-refractivity contribution in [2.45, 2.75) is 56.7 Å². The number of likely N-dealkylation sites (tertiary alicyclic amines) is 1. The molecule has 24 heavy (non-hydrogen) atoms. The summed E-state index contributed by atoms with van der Waals surface area (Å²) in [5, 5.41) is 13.5. The second-order valence-electron chi connectivity index (χ2n) is 6.79. The molecule has 6 heteroatoms. The SMILES string of the molecule is O=C(N[C@@H]1CCCC[C@@H](N2CCCC2)[C@@H]1O)c1cc(F)ccc1F. The molecule has 0 aromatic heterocycles. The molecule has 1 aliphatic carbocycles. The summed E-state index contributed by atoms with van der Waals surface area (Å²) < 4.78 is 27.1. The van der Waals surface area contributed by atoms with E-state index in [9.17, 15) is 18.7 Å². The number of rotatable bonds is 3. The number of nitrogens with one attached hydrogen (secondary N) is 1. The number of nitrogens with zero attached hydrogens (tertiary/aromatic N) is 1. The summed E-state index contributed by atoms with van der Waals surface area (Å²) >= 11 is 0. The third-order valence-electron chi connectivity index (χ3n) is 5.17. The number of carbonyl (C=O) groups is 1. The van der Waals surface area contributed by atoms with Gasteiger partial charge in [-0.15, -0.1) is 0 Å². The molecule has 2 aliphatic rings. The van der Waals surface area contributed by atoms with Crippen LogP contribution >= 0.6 is 0 Å². The minimum Gasteiger partial charge on any atom is -0.389 e. The number of halogens is 2. The molecule has 0 unspecified atom stereocenters. The van der Waals surface area contributed by atoms with Crippen molar-refractivity contribution in [1.82, 2.24) is 10.2 Å². The average molecular weight is 338 g/mol. The Morgan fingerprint density at radius 1 is 1.12 bits per heavy atom. The van der Waals surface area contributed by atoms with E-state index in [0.717, 1.165) is 63.4 Å². The average Bonchev–Trinajstić information content (AvgIpc) is 3.03. The fourth-order valence-electron chi connectivity index (χ4n) is 3.87. The second kappa shape index (κ2) is 7.57. The largest absolute Gasteiger partial charge is 0.389 e. The highest BCUT2D eigenvalue weighted by atomic mass is 19.1. The monoisotopic (exact) mass is 338 g/mol. The maximum Gasteiger partial charge on any atom is 0.254 e. The van der Waals surface area contributed by atoms with Crippen LogP contribution < -0.4 is 5.32 Å². The summed E-state index contributed by atoms with van der Waals surface area (Å²) in [6.07, 6.45) is 5.03. The first-order valence-corrected chi connectivity index (χ1v) is 8.74. The Morgan fingerprint density at radius 3 is 2.58 bits per heavy atom. The Hall–Kier alpha value is -1.53. The minimum absolute atomic E-state index is 0.0256. The number of hydrogen-bond acceptors (Lipinski definition) is 3. The van der Waals surface area contributed by atoms with Gasteiger partial charge in [0, 0.05) is 6.04 Å².